The van der Waals surface area contributed by atoms with Gasteiger partial charge in [0.25, 0.3) is 0 Å². The van der Waals surface area contributed by atoms with E-state index >= 15 is 0 Å². The van der Waals surface area contributed by atoms with Crippen molar-refractivity contribution in [2.75, 3.05) is 37.6 Å². The number of furan rings is 1. The summed E-state index contributed by atoms with van der Waals surface area (Å²) in [6.07, 6.45) is 1.60. The highest BCUT2D eigenvalue weighted by Crippen LogP contribution is 2.24. The Morgan fingerprint density at radius 2 is 1.62 bits per heavy atom. The Balaban J connectivity index is 1.31. The summed E-state index contributed by atoms with van der Waals surface area (Å²) in [4.78, 5) is 29.1. The Labute approximate surface area is 198 Å². The lowest BCUT2D eigenvalue weighted by molar-refractivity contribution is -0.139. The van der Waals surface area contributed by atoms with Crippen molar-refractivity contribution < 1.29 is 18.4 Å². The van der Waals surface area contributed by atoms with Crippen molar-refractivity contribution in [2.24, 2.45) is 0 Å². The van der Waals surface area contributed by atoms with Crippen LogP contribution in [0.5, 0.6) is 0 Å². The molecule has 0 unspecified atom stereocenters. The summed E-state index contributed by atoms with van der Waals surface area (Å²) in [6, 6.07) is 17.8. The van der Waals surface area contributed by atoms with E-state index in [9.17, 15) is 14.0 Å². The third-order valence-corrected chi connectivity index (χ3v) is 6.05. The van der Waals surface area contributed by atoms with Crippen molar-refractivity contribution >= 4 is 17.5 Å². The van der Waals surface area contributed by atoms with Gasteiger partial charge in [0, 0.05) is 45.0 Å². The highest BCUT2D eigenvalue weighted by molar-refractivity contribution is 6.35. The van der Waals surface area contributed by atoms with Crippen LogP contribution < -0.4 is 15.5 Å². The summed E-state index contributed by atoms with van der Waals surface area (Å²) in [7, 11) is 0. The van der Waals surface area contributed by atoms with Crippen LogP contribution in [0.3, 0.4) is 0 Å². The first-order valence-corrected chi connectivity index (χ1v) is 11.4. The van der Waals surface area contributed by atoms with Crippen molar-refractivity contribution in [3.05, 3.63) is 89.6 Å². The summed E-state index contributed by atoms with van der Waals surface area (Å²) in [5.74, 6) is -0.858. The second-order valence-electron chi connectivity index (χ2n) is 8.41. The molecule has 0 radical (unpaired) electrons. The molecule has 8 heteroatoms. The van der Waals surface area contributed by atoms with Gasteiger partial charge in [0.1, 0.15) is 11.6 Å². The number of amides is 2. The largest absolute Gasteiger partial charge is 0.468 e. The summed E-state index contributed by atoms with van der Waals surface area (Å²) in [6.45, 7) is 5.52. The lowest BCUT2D eigenvalue weighted by atomic mass is 10.1. The molecule has 1 aromatic heterocycles. The zero-order chi connectivity index (χ0) is 23.9. The van der Waals surface area contributed by atoms with E-state index in [0.717, 1.165) is 48.8 Å². The van der Waals surface area contributed by atoms with Gasteiger partial charge >= 0.3 is 11.8 Å². The molecular weight excluding hydrogens is 435 g/mol. The van der Waals surface area contributed by atoms with Crippen molar-refractivity contribution in [1.82, 2.24) is 15.5 Å². The Kier molecular flexibility index (Phi) is 7.59. The van der Waals surface area contributed by atoms with Crippen LogP contribution in [0.2, 0.25) is 0 Å². The minimum atomic E-state index is -0.673. The molecule has 34 heavy (non-hydrogen) atoms. The summed E-state index contributed by atoms with van der Waals surface area (Å²) < 4.78 is 18.9. The summed E-state index contributed by atoms with van der Waals surface area (Å²) in [5, 5.41) is 5.42. The van der Waals surface area contributed by atoms with Crippen molar-refractivity contribution in [3.8, 4) is 0 Å². The van der Waals surface area contributed by atoms with E-state index in [-0.39, 0.29) is 18.4 Å². The average Bonchev–Trinajstić information content (AvgIpc) is 3.39. The van der Waals surface area contributed by atoms with Crippen LogP contribution in [0.25, 0.3) is 0 Å². The molecule has 3 aromatic rings. The highest BCUT2D eigenvalue weighted by Gasteiger charge is 2.28. The standard InChI is InChI=1S/C26H29FN4O3/c1-19-4-6-20(7-5-19)17-28-25(32)26(33)29-18-23(24-3-2-16-34-24)31-14-12-30(13-15-31)22-10-8-21(27)9-11-22/h2-11,16,23H,12-15,17-18H2,1H3,(H,28,32)(H,29,33)/t23-/m0/s1. The molecule has 0 bridgehead atoms. The molecule has 178 valence electrons. The maximum atomic E-state index is 13.2. The Bertz CT molecular complexity index is 1080. The Morgan fingerprint density at radius 1 is 0.941 bits per heavy atom. The second kappa shape index (κ2) is 11.0. The van der Waals surface area contributed by atoms with Gasteiger partial charge < -0.3 is 20.0 Å². The van der Waals surface area contributed by atoms with E-state index in [0.29, 0.717) is 6.54 Å². The summed E-state index contributed by atoms with van der Waals surface area (Å²) in [5.41, 5.74) is 3.05. The fraction of sp³-hybridized carbons (Fsp3) is 0.308. The van der Waals surface area contributed by atoms with Gasteiger partial charge in [-0.2, -0.15) is 0 Å². The lowest BCUT2D eigenvalue weighted by Gasteiger charge is -2.39. The van der Waals surface area contributed by atoms with Crippen LogP contribution in [0.15, 0.2) is 71.3 Å². The fourth-order valence-corrected chi connectivity index (χ4v) is 4.07. The van der Waals surface area contributed by atoms with Crippen LogP contribution in [0, 0.1) is 12.7 Å². The van der Waals surface area contributed by atoms with E-state index in [1.807, 2.05) is 43.3 Å². The molecule has 1 fully saturated rings. The number of halogens is 1. The van der Waals surface area contributed by atoms with Crippen LogP contribution in [0.1, 0.15) is 22.9 Å². The number of carbonyl (C=O) groups is 2. The maximum Gasteiger partial charge on any atom is 0.309 e. The number of carbonyl (C=O) groups excluding carboxylic acids is 2. The monoisotopic (exact) mass is 464 g/mol. The molecular formula is C26H29FN4O3. The van der Waals surface area contributed by atoms with Gasteiger partial charge in [-0.1, -0.05) is 29.8 Å². The Hall–Kier alpha value is -3.65. The predicted octanol–water partition coefficient (Wildman–Crippen LogP) is 3.02. The molecule has 7 nitrogen and oxygen atoms in total. The van der Waals surface area contributed by atoms with Crippen molar-refractivity contribution in [1.29, 1.82) is 0 Å². The number of piperazine rings is 1. The molecule has 2 aromatic carbocycles. The van der Waals surface area contributed by atoms with Crippen LogP contribution >= 0.6 is 0 Å². The molecule has 1 saturated heterocycles. The number of nitrogens with one attached hydrogen (secondary N) is 2. The third kappa shape index (κ3) is 6.02. The number of aryl methyl sites for hydroxylation is 1. The first kappa shape index (κ1) is 23.5. The average molecular weight is 465 g/mol. The molecule has 1 aliphatic heterocycles. The minimum absolute atomic E-state index is 0.195. The topological polar surface area (TPSA) is 77.8 Å². The highest BCUT2D eigenvalue weighted by atomic mass is 19.1. The molecule has 4 rings (SSSR count). The molecule has 2 amide bonds. The van der Waals surface area contributed by atoms with Gasteiger partial charge in [-0.15, -0.1) is 0 Å². The predicted molar refractivity (Wildman–Crippen MR) is 128 cm³/mol. The number of hydrogen-bond acceptors (Lipinski definition) is 5. The molecule has 1 atom stereocenters. The van der Waals surface area contributed by atoms with Gasteiger partial charge in [0.15, 0.2) is 0 Å². The smallest absolute Gasteiger partial charge is 0.309 e. The van der Waals surface area contributed by atoms with Crippen LogP contribution in [0.4, 0.5) is 10.1 Å². The molecule has 1 aliphatic rings. The van der Waals surface area contributed by atoms with E-state index in [4.69, 9.17) is 4.42 Å². The second-order valence-corrected chi connectivity index (χ2v) is 8.41. The number of rotatable bonds is 7. The molecule has 2 N–H and O–H groups in total. The SMILES string of the molecule is Cc1ccc(CNC(=O)C(=O)NC[C@@H](c2ccco2)N2CCN(c3ccc(F)cc3)CC2)cc1. The zero-order valence-corrected chi connectivity index (χ0v) is 19.2. The third-order valence-electron chi connectivity index (χ3n) is 6.05. The van der Waals surface area contributed by atoms with Gasteiger partial charge in [-0.05, 0) is 48.9 Å². The van der Waals surface area contributed by atoms with Gasteiger partial charge in [-0.3, -0.25) is 14.5 Å². The Morgan fingerprint density at radius 3 is 2.26 bits per heavy atom. The number of benzene rings is 2. The van der Waals surface area contributed by atoms with E-state index in [1.165, 1.54) is 12.1 Å². The maximum absolute atomic E-state index is 13.2. The van der Waals surface area contributed by atoms with E-state index in [2.05, 4.69) is 20.4 Å². The van der Waals surface area contributed by atoms with Gasteiger partial charge in [-0.25, -0.2) is 4.39 Å². The number of nitrogens with zero attached hydrogens (tertiary/aromatic N) is 2. The van der Waals surface area contributed by atoms with Crippen LogP contribution in [-0.4, -0.2) is 49.4 Å². The van der Waals surface area contributed by atoms with Gasteiger partial charge in [0.05, 0.1) is 12.3 Å². The van der Waals surface area contributed by atoms with E-state index in [1.54, 1.807) is 18.4 Å². The molecule has 0 aliphatic carbocycles. The first-order chi connectivity index (χ1) is 16.5. The summed E-state index contributed by atoms with van der Waals surface area (Å²) >= 11 is 0. The zero-order valence-electron chi connectivity index (χ0n) is 19.2. The molecule has 0 spiro atoms. The van der Waals surface area contributed by atoms with Crippen molar-refractivity contribution in [3.63, 3.8) is 0 Å². The quantitative estimate of drug-likeness (QED) is 0.526. The van der Waals surface area contributed by atoms with E-state index < -0.39 is 11.8 Å². The van der Waals surface area contributed by atoms with Crippen molar-refractivity contribution in [2.45, 2.75) is 19.5 Å². The normalized spacial score (nSPS) is 15.1. The van der Waals surface area contributed by atoms with Crippen LogP contribution in [-0.2, 0) is 16.1 Å². The minimum Gasteiger partial charge on any atom is -0.468 e. The number of anilines is 1. The molecule has 0 saturated carbocycles. The molecule has 2 heterocycles. The number of hydrogen-bond donors (Lipinski definition) is 2. The first-order valence-electron chi connectivity index (χ1n) is 11.4. The lowest BCUT2D eigenvalue weighted by Crippen LogP contribution is -2.50. The van der Waals surface area contributed by atoms with Gasteiger partial charge in [0.2, 0.25) is 0 Å². The fourth-order valence-electron chi connectivity index (χ4n) is 4.07.